The zero-order valence-electron chi connectivity index (χ0n) is 18.4. The first-order valence-electron chi connectivity index (χ1n) is 10.2. The predicted molar refractivity (Wildman–Crippen MR) is 120 cm³/mol. The minimum absolute atomic E-state index is 0.280. The summed E-state index contributed by atoms with van der Waals surface area (Å²) in [6, 6.07) is 19.8. The third-order valence-electron chi connectivity index (χ3n) is 5.83. The van der Waals surface area contributed by atoms with Crippen LogP contribution in [-0.4, -0.2) is 32.6 Å². The molecule has 0 bridgehead atoms. The van der Waals surface area contributed by atoms with E-state index in [0.29, 0.717) is 0 Å². The Kier molecular flexibility index (Phi) is 7.66. The van der Waals surface area contributed by atoms with Gasteiger partial charge in [0.25, 0.3) is 0 Å². The molecule has 0 radical (unpaired) electrons. The number of hydrogen-bond acceptors (Lipinski definition) is 3. The van der Waals surface area contributed by atoms with Crippen molar-refractivity contribution in [2.24, 2.45) is 5.92 Å². The summed E-state index contributed by atoms with van der Waals surface area (Å²) in [5.74, 6) is 0.280. The maximum absolute atomic E-state index is 10.1. The SMILES string of the molecule is Cc1ccccc1C(C#N)(CCCN(C)Cc1ccc(N(C)C)cc1)C(C)C. The van der Waals surface area contributed by atoms with E-state index in [-0.39, 0.29) is 5.92 Å². The van der Waals surface area contributed by atoms with Crippen LogP contribution in [0.25, 0.3) is 0 Å². The summed E-state index contributed by atoms with van der Waals surface area (Å²) in [6.07, 6.45) is 1.89. The highest BCUT2D eigenvalue weighted by molar-refractivity contribution is 5.46. The summed E-state index contributed by atoms with van der Waals surface area (Å²) in [4.78, 5) is 4.47. The quantitative estimate of drug-likeness (QED) is 0.587. The lowest BCUT2D eigenvalue weighted by Crippen LogP contribution is -2.33. The second kappa shape index (κ2) is 9.75. The van der Waals surface area contributed by atoms with Gasteiger partial charge in [-0.25, -0.2) is 0 Å². The molecule has 0 aliphatic carbocycles. The standard InChI is InChI=1S/C25H35N3/c1-20(2)25(19-26,24-11-8-7-10-21(24)3)16-9-17-28(6)18-22-12-14-23(15-13-22)27(4)5/h7-8,10-15,20H,9,16-18H2,1-6H3. The van der Waals surface area contributed by atoms with Gasteiger partial charge in [-0.3, -0.25) is 0 Å². The van der Waals surface area contributed by atoms with Gasteiger partial charge in [0.1, 0.15) is 0 Å². The monoisotopic (exact) mass is 377 g/mol. The molecule has 2 aromatic carbocycles. The molecule has 0 amide bonds. The van der Waals surface area contributed by atoms with E-state index in [1.807, 2.05) is 0 Å². The molecule has 0 fully saturated rings. The summed E-state index contributed by atoms with van der Waals surface area (Å²) < 4.78 is 0. The first-order valence-corrected chi connectivity index (χ1v) is 10.2. The van der Waals surface area contributed by atoms with Crippen LogP contribution in [0.4, 0.5) is 5.69 Å². The van der Waals surface area contributed by atoms with E-state index >= 15 is 0 Å². The molecular weight excluding hydrogens is 342 g/mol. The number of benzene rings is 2. The van der Waals surface area contributed by atoms with Crippen LogP contribution in [0.3, 0.4) is 0 Å². The largest absolute Gasteiger partial charge is 0.378 e. The van der Waals surface area contributed by atoms with Gasteiger partial charge in [0.2, 0.25) is 0 Å². The number of hydrogen-bond donors (Lipinski definition) is 0. The number of anilines is 1. The molecule has 3 nitrogen and oxygen atoms in total. The van der Waals surface area contributed by atoms with Crippen molar-refractivity contribution in [1.82, 2.24) is 4.90 Å². The molecule has 0 aliphatic rings. The molecule has 2 aromatic rings. The van der Waals surface area contributed by atoms with Crippen molar-refractivity contribution < 1.29 is 0 Å². The highest BCUT2D eigenvalue weighted by atomic mass is 15.1. The smallest absolute Gasteiger partial charge is 0.0848 e. The Labute approximate surface area is 171 Å². The molecule has 3 heteroatoms. The van der Waals surface area contributed by atoms with Crippen LogP contribution in [0.2, 0.25) is 0 Å². The first-order chi connectivity index (χ1) is 13.3. The Hall–Kier alpha value is -2.31. The van der Waals surface area contributed by atoms with E-state index in [9.17, 15) is 5.26 Å². The Morgan fingerprint density at radius 1 is 1.00 bits per heavy atom. The third kappa shape index (κ3) is 5.14. The lowest BCUT2D eigenvalue weighted by molar-refractivity contribution is 0.286. The molecule has 28 heavy (non-hydrogen) atoms. The van der Waals surface area contributed by atoms with E-state index in [4.69, 9.17) is 0 Å². The van der Waals surface area contributed by atoms with Crippen LogP contribution < -0.4 is 4.90 Å². The normalized spacial score (nSPS) is 13.4. The van der Waals surface area contributed by atoms with Gasteiger partial charge >= 0.3 is 0 Å². The van der Waals surface area contributed by atoms with Crippen molar-refractivity contribution >= 4 is 5.69 Å². The minimum Gasteiger partial charge on any atom is -0.378 e. The summed E-state index contributed by atoms with van der Waals surface area (Å²) in [5.41, 5.74) is 4.53. The average molecular weight is 378 g/mol. The van der Waals surface area contributed by atoms with E-state index in [2.05, 4.69) is 106 Å². The van der Waals surface area contributed by atoms with Crippen LogP contribution in [0.5, 0.6) is 0 Å². The van der Waals surface area contributed by atoms with Crippen molar-refractivity contribution in [1.29, 1.82) is 5.26 Å². The summed E-state index contributed by atoms with van der Waals surface area (Å²) in [7, 11) is 6.29. The Morgan fingerprint density at radius 3 is 2.18 bits per heavy atom. The zero-order valence-corrected chi connectivity index (χ0v) is 18.4. The van der Waals surface area contributed by atoms with Crippen molar-refractivity contribution in [3.63, 3.8) is 0 Å². The van der Waals surface area contributed by atoms with Gasteiger partial charge in [0.15, 0.2) is 0 Å². The molecule has 1 atom stereocenters. The van der Waals surface area contributed by atoms with Crippen LogP contribution in [0.1, 0.15) is 43.4 Å². The maximum atomic E-state index is 10.1. The van der Waals surface area contributed by atoms with Gasteiger partial charge in [0.05, 0.1) is 11.5 Å². The van der Waals surface area contributed by atoms with Crippen molar-refractivity contribution in [2.75, 3.05) is 32.6 Å². The van der Waals surface area contributed by atoms with Crippen molar-refractivity contribution in [2.45, 2.75) is 45.6 Å². The van der Waals surface area contributed by atoms with Gasteiger partial charge in [-0.15, -0.1) is 0 Å². The third-order valence-corrected chi connectivity index (χ3v) is 5.83. The maximum Gasteiger partial charge on any atom is 0.0848 e. The molecule has 0 heterocycles. The minimum atomic E-state index is -0.417. The Bertz CT molecular complexity index is 786. The Balaban J connectivity index is 2.00. The Morgan fingerprint density at radius 2 is 1.64 bits per heavy atom. The van der Waals surface area contributed by atoms with E-state index in [1.54, 1.807) is 0 Å². The summed E-state index contributed by atoms with van der Waals surface area (Å²) in [5, 5.41) is 10.1. The lowest BCUT2D eigenvalue weighted by atomic mass is 9.68. The van der Waals surface area contributed by atoms with Crippen molar-refractivity contribution in [3.05, 3.63) is 65.2 Å². The predicted octanol–water partition coefficient (Wildman–Crippen LogP) is 5.39. The van der Waals surface area contributed by atoms with Gasteiger partial charge < -0.3 is 9.80 Å². The van der Waals surface area contributed by atoms with Crippen LogP contribution in [0, 0.1) is 24.2 Å². The fourth-order valence-electron chi connectivity index (χ4n) is 3.97. The zero-order chi connectivity index (χ0) is 20.7. The van der Waals surface area contributed by atoms with Gasteiger partial charge in [0, 0.05) is 26.3 Å². The lowest BCUT2D eigenvalue weighted by Gasteiger charge is -2.33. The number of nitriles is 1. The molecule has 1 unspecified atom stereocenters. The second-order valence-corrected chi connectivity index (χ2v) is 8.45. The molecule has 150 valence electrons. The molecule has 0 aromatic heterocycles. The van der Waals surface area contributed by atoms with E-state index < -0.39 is 5.41 Å². The fraction of sp³-hybridized carbons (Fsp3) is 0.480. The topological polar surface area (TPSA) is 30.3 Å². The van der Waals surface area contributed by atoms with Gasteiger partial charge in [-0.1, -0.05) is 50.2 Å². The second-order valence-electron chi connectivity index (χ2n) is 8.45. The van der Waals surface area contributed by atoms with E-state index in [0.717, 1.165) is 25.9 Å². The number of aryl methyl sites for hydroxylation is 1. The fourth-order valence-corrected chi connectivity index (χ4v) is 3.97. The summed E-state index contributed by atoms with van der Waals surface area (Å²) in [6.45, 7) is 8.38. The molecule has 0 saturated heterocycles. The molecule has 0 aliphatic heterocycles. The first kappa shape index (κ1) is 22.0. The van der Waals surface area contributed by atoms with Crippen LogP contribution in [0.15, 0.2) is 48.5 Å². The van der Waals surface area contributed by atoms with Crippen molar-refractivity contribution in [3.8, 4) is 6.07 Å². The van der Waals surface area contributed by atoms with Gasteiger partial charge in [-0.05, 0) is 68.1 Å². The average Bonchev–Trinajstić information content (AvgIpc) is 2.66. The summed E-state index contributed by atoms with van der Waals surface area (Å²) >= 11 is 0. The molecular formula is C25H35N3. The molecule has 0 N–H and O–H groups in total. The van der Waals surface area contributed by atoms with E-state index in [1.165, 1.54) is 22.4 Å². The molecule has 2 rings (SSSR count). The molecule has 0 saturated carbocycles. The highest BCUT2D eigenvalue weighted by Gasteiger charge is 2.36. The van der Waals surface area contributed by atoms with Crippen LogP contribution in [-0.2, 0) is 12.0 Å². The van der Waals surface area contributed by atoms with Crippen LogP contribution >= 0.6 is 0 Å². The highest BCUT2D eigenvalue weighted by Crippen LogP contribution is 2.38. The van der Waals surface area contributed by atoms with Gasteiger partial charge in [-0.2, -0.15) is 5.26 Å². The molecule has 0 spiro atoms. The number of nitrogens with zero attached hydrogens (tertiary/aromatic N) is 3. The number of rotatable bonds is 9.